The normalized spacial score (nSPS) is 12.1. The fraction of sp³-hybridized carbons (Fsp3) is 0. The molecule has 0 radical (unpaired) electrons. The van der Waals surface area contributed by atoms with Crippen molar-refractivity contribution < 1.29 is 0 Å². The van der Waals surface area contributed by atoms with Gasteiger partial charge in [-0.15, -0.1) is 22.7 Å². The Hall–Kier alpha value is -5.88. The van der Waals surface area contributed by atoms with Gasteiger partial charge in [-0.05, 0) is 40.1 Å². The summed E-state index contributed by atoms with van der Waals surface area (Å²) in [6.45, 7) is 0. The van der Waals surface area contributed by atoms with E-state index < -0.39 is 0 Å². The molecular weight excluding hydrogens is 635 g/mol. The van der Waals surface area contributed by atoms with Crippen molar-refractivity contribution in [3.05, 3.63) is 152 Å². The van der Waals surface area contributed by atoms with Crippen LogP contribution in [0.1, 0.15) is 0 Å². The van der Waals surface area contributed by atoms with Gasteiger partial charge in [0.15, 0.2) is 11.6 Å². The second-order valence-corrected chi connectivity index (χ2v) is 14.6. The molecule has 11 rings (SSSR count). The van der Waals surface area contributed by atoms with Gasteiger partial charge in [0.2, 0.25) is 0 Å². The molecule has 3 nitrogen and oxygen atoms in total. The summed E-state index contributed by atoms with van der Waals surface area (Å²) < 4.78 is 7.32. The maximum Gasteiger partial charge on any atom is 0.162 e. The molecule has 0 N–H and O–H groups in total. The Kier molecular flexibility index (Phi) is 5.70. The minimum Gasteiger partial charge on any atom is -0.291 e. The third kappa shape index (κ3) is 3.88. The number of nitrogens with zero attached hydrogens (tertiary/aromatic N) is 3. The molecule has 4 heterocycles. The molecule has 0 amide bonds. The quantitative estimate of drug-likeness (QED) is 0.189. The van der Waals surface area contributed by atoms with E-state index in [9.17, 15) is 0 Å². The van der Waals surface area contributed by atoms with Crippen LogP contribution in [0.4, 0.5) is 0 Å². The van der Waals surface area contributed by atoms with E-state index in [1.54, 1.807) is 11.3 Å². The van der Waals surface area contributed by atoms with Crippen molar-refractivity contribution in [3.63, 3.8) is 0 Å². The summed E-state index contributed by atoms with van der Waals surface area (Å²) in [6, 6.07) is 54.3. The van der Waals surface area contributed by atoms with Crippen molar-refractivity contribution in [2.24, 2.45) is 0 Å². The molecule has 11 aromatic rings. The van der Waals surface area contributed by atoms with Crippen LogP contribution in [0.15, 0.2) is 152 Å². The average Bonchev–Trinajstić information content (AvgIpc) is 3.85. The number of hydrogen-bond acceptors (Lipinski definition) is 4. The predicted octanol–water partition coefficient (Wildman–Crippen LogP) is 12.8. The van der Waals surface area contributed by atoms with E-state index in [-0.39, 0.29) is 0 Å². The Balaban J connectivity index is 1.30. The molecule has 0 saturated carbocycles. The number of hydrogen-bond donors (Lipinski definition) is 0. The Bertz CT molecular complexity index is 3090. The number of thiophene rings is 2. The molecule has 0 atom stereocenters. The maximum atomic E-state index is 5.52. The summed E-state index contributed by atoms with van der Waals surface area (Å²) >= 11 is 3.66. The van der Waals surface area contributed by atoms with Crippen molar-refractivity contribution in [1.82, 2.24) is 14.5 Å². The van der Waals surface area contributed by atoms with Gasteiger partial charge in [-0.25, -0.2) is 9.97 Å². The Morgan fingerprint density at radius 3 is 1.73 bits per heavy atom. The minimum atomic E-state index is 0.727. The SMILES string of the molecule is c1ccc(-c2ccc(-c3nc(-n4c5ccccc5c5c6ccccc6c6c7ccccc7sc6c54)c4sc5ccccc5c4n3)cc2)cc1. The smallest absolute Gasteiger partial charge is 0.162 e. The first kappa shape index (κ1) is 27.1. The summed E-state index contributed by atoms with van der Waals surface area (Å²) in [6.07, 6.45) is 0. The molecular formula is C44H25N3S2. The molecule has 0 aliphatic rings. The van der Waals surface area contributed by atoms with Gasteiger partial charge >= 0.3 is 0 Å². The largest absolute Gasteiger partial charge is 0.291 e. The first-order valence-corrected chi connectivity index (χ1v) is 18.1. The number of fused-ring (bicyclic) bond motifs is 13. The van der Waals surface area contributed by atoms with E-state index >= 15 is 0 Å². The highest BCUT2D eigenvalue weighted by Gasteiger charge is 2.25. The van der Waals surface area contributed by atoms with E-state index in [4.69, 9.17) is 9.97 Å². The van der Waals surface area contributed by atoms with Crippen molar-refractivity contribution >= 4 is 95.7 Å². The molecule has 7 aromatic carbocycles. The van der Waals surface area contributed by atoms with Crippen LogP contribution in [0.5, 0.6) is 0 Å². The van der Waals surface area contributed by atoms with Gasteiger partial charge in [0, 0.05) is 41.9 Å². The molecule has 49 heavy (non-hydrogen) atoms. The second kappa shape index (κ2) is 10.3. The van der Waals surface area contributed by atoms with E-state index in [0.717, 1.165) is 38.3 Å². The zero-order valence-electron chi connectivity index (χ0n) is 26.1. The monoisotopic (exact) mass is 659 g/mol. The Morgan fingerprint density at radius 2 is 0.959 bits per heavy atom. The fourth-order valence-electron chi connectivity index (χ4n) is 7.65. The van der Waals surface area contributed by atoms with Gasteiger partial charge in [-0.1, -0.05) is 133 Å². The molecule has 5 heteroatoms. The highest BCUT2D eigenvalue weighted by atomic mass is 32.1. The highest BCUT2D eigenvalue weighted by Crippen LogP contribution is 2.49. The van der Waals surface area contributed by atoms with Crippen LogP contribution in [0.2, 0.25) is 0 Å². The van der Waals surface area contributed by atoms with Crippen molar-refractivity contribution in [3.8, 4) is 28.3 Å². The molecule has 228 valence electrons. The number of benzene rings is 7. The summed E-state index contributed by atoms with van der Waals surface area (Å²) in [5.74, 6) is 1.65. The van der Waals surface area contributed by atoms with Crippen molar-refractivity contribution in [2.75, 3.05) is 0 Å². The van der Waals surface area contributed by atoms with Crippen LogP contribution in [-0.2, 0) is 0 Å². The first-order chi connectivity index (χ1) is 24.3. The lowest BCUT2D eigenvalue weighted by atomic mass is 9.99. The first-order valence-electron chi connectivity index (χ1n) is 16.4. The van der Waals surface area contributed by atoms with Gasteiger partial charge in [0.05, 0.1) is 25.9 Å². The molecule has 0 bridgehead atoms. The Morgan fingerprint density at radius 1 is 0.408 bits per heavy atom. The molecule has 0 unspecified atom stereocenters. The lowest BCUT2D eigenvalue weighted by molar-refractivity contribution is 1.09. The molecule has 0 saturated heterocycles. The minimum absolute atomic E-state index is 0.727. The van der Waals surface area contributed by atoms with Crippen LogP contribution >= 0.6 is 22.7 Å². The van der Waals surface area contributed by atoms with Crippen LogP contribution in [-0.4, -0.2) is 14.5 Å². The van der Waals surface area contributed by atoms with E-state index in [1.165, 1.54) is 63.1 Å². The van der Waals surface area contributed by atoms with Crippen LogP contribution in [0.25, 0.3) is 101 Å². The standard InChI is InChI=1S/C44H25N3S2/c1-2-12-26(13-3-1)27-22-24-28(25-23-27)43-45-39-33-18-8-11-21-36(33)49-42(39)44(46-43)47-34-19-9-6-16-31(34)37-29-14-4-5-15-30(29)38-32-17-7-10-20-35(32)48-41(38)40(37)47/h1-25H. The summed E-state index contributed by atoms with van der Waals surface area (Å²) in [4.78, 5) is 10.8. The molecule has 0 fully saturated rings. The van der Waals surface area contributed by atoms with E-state index in [2.05, 4.69) is 156 Å². The van der Waals surface area contributed by atoms with Gasteiger partial charge in [0.25, 0.3) is 0 Å². The number of rotatable bonds is 3. The van der Waals surface area contributed by atoms with Gasteiger partial charge in [0.1, 0.15) is 0 Å². The van der Waals surface area contributed by atoms with Crippen molar-refractivity contribution in [2.45, 2.75) is 0 Å². The highest BCUT2D eigenvalue weighted by molar-refractivity contribution is 7.27. The van der Waals surface area contributed by atoms with Crippen LogP contribution < -0.4 is 0 Å². The van der Waals surface area contributed by atoms with Crippen molar-refractivity contribution in [1.29, 1.82) is 0 Å². The second-order valence-electron chi connectivity index (χ2n) is 12.5. The van der Waals surface area contributed by atoms with E-state index in [0.29, 0.717) is 0 Å². The summed E-state index contributed by atoms with van der Waals surface area (Å²) in [7, 11) is 0. The zero-order chi connectivity index (χ0) is 32.1. The lowest BCUT2D eigenvalue weighted by Gasteiger charge is -2.12. The van der Waals surface area contributed by atoms with Crippen LogP contribution in [0, 0.1) is 0 Å². The summed E-state index contributed by atoms with van der Waals surface area (Å²) in [5, 5.41) is 8.83. The molecule has 0 aliphatic heterocycles. The number of para-hydroxylation sites is 1. The molecule has 0 aliphatic carbocycles. The van der Waals surface area contributed by atoms with Gasteiger partial charge in [-0.3, -0.25) is 4.57 Å². The third-order valence-electron chi connectivity index (χ3n) is 9.81. The number of aromatic nitrogens is 3. The third-order valence-corrected chi connectivity index (χ3v) is 12.1. The zero-order valence-corrected chi connectivity index (χ0v) is 27.7. The lowest BCUT2D eigenvalue weighted by Crippen LogP contribution is -2.01. The van der Waals surface area contributed by atoms with Gasteiger partial charge in [-0.2, -0.15) is 0 Å². The molecule has 0 spiro atoms. The topological polar surface area (TPSA) is 30.7 Å². The van der Waals surface area contributed by atoms with Gasteiger partial charge < -0.3 is 0 Å². The maximum absolute atomic E-state index is 5.52. The predicted molar refractivity (Wildman–Crippen MR) is 211 cm³/mol. The molecule has 4 aromatic heterocycles. The van der Waals surface area contributed by atoms with Crippen LogP contribution in [0.3, 0.4) is 0 Å². The average molecular weight is 660 g/mol. The fourth-order valence-corrected chi connectivity index (χ4v) is 10.0. The Labute approximate surface area is 289 Å². The van der Waals surface area contributed by atoms with E-state index in [1.807, 2.05) is 11.3 Å². The summed E-state index contributed by atoms with van der Waals surface area (Å²) in [5.41, 5.74) is 6.71.